The van der Waals surface area contributed by atoms with Crippen LogP contribution in [0.4, 0.5) is 5.69 Å². The zero-order valence-corrected chi connectivity index (χ0v) is 20.0. The van der Waals surface area contributed by atoms with Crippen molar-refractivity contribution in [1.82, 2.24) is 20.1 Å². The van der Waals surface area contributed by atoms with Gasteiger partial charge < -0.3 is 20.4 Å². The lowest BCUT2D eigenvalue weighted by Gasteiger charge is -2.32. The van der Waals surface area contributed by atoms with E-state index < -0.39 is 0 Å². The highest BCUT2D eigenvalue weighted by Crippen LogP contribution is 2.31. The van der Waals surface area contributed by atoms with Crippen LogP contribution in [0.1, 0.15) is 64.5 Å². The van der Waals surface area contributed by atoms with Crippen LogP contribution in [-0.4, -0.2) is 51.8 Å². The Balaban J connectivity index is 1.30. The zero-order chi connectivity index (χ0) is 23.7. The first-order valence-corrected chi connectivity index (χ1v) is 12.3. The summed E-state index contributed by atoms with van der Waals surface area (Å²) in [7, 11) is 0. The van der Waals surface area contributed by atoms with Crippen molar-refractivity contribution in [2.24, 2.45) is 0 Å². The van der Waals surface area contributed by atoms with Crippen LogP contribution in [0.5, 0.6) is 0 Å². The number of nitrogens with zero attached hydrogens (tertiary/aromatic N) is 3. The zero-order valence-electron chi connectivity index (χ0n) is 20.0. The quantitative estimate of drug-likeness (QED) is 0.551. The maximum absolute atomic E-state index is 13.5. The summed E-state index contributed by atoms with van der Waals surface area (Å²) in [5.41, 5.74) is 11.7. The van der Waals surface area contributed by atoms with Crippen molar-refractivity contribution >= 4 is 11.6 Å². The van der Waals surface area contributed by atoms with Gasteiger partial charge in [0, 0.05) is 42.9 Å². The molecule has 7 heteroatoms. The molecule has 34 heavy (non-hydrogen) atoms. The molecule has 1 unspecified atom stereocenters. The molecule has 3 heterocycles. The van der Waals surface area contributed by atoms with Gasteiger partial charge in [0.25, 0.3) is 5.91 Å². The summed E-state index contributed by atoms with van der Waals surface area (Å²) < 4.78 is 5.73. The summed E-state index contributed by atoms with van der Waals surface area (Å²) in [5, 5.41) is 8.72. The van der Waals surface area contributed by atoms with E-state index >= 15 is 0 Å². The Labute approximate surface area is 200 Å². The lowest BCUT2D eigenvalue weighted by atomic mass is 9.89. The predicted molar refractivity (Wildman–Crippen MR) is 133 cm³/mol. The largest absolute Gasteiger partial charge is 0.399 e. The average molecular weight is 460 g/mol. The van der Waals surface area contributed by atoms with Gasteiger partial charge in [0.1, 0.15) is 5.82 Å². The number of carbonyl (C=O) groups is 1. The SMILES string of the molecule is Cc1cc(C)c(-c2nnc(CC3CCCO3)[nH]2)cc1C(=O)N1CCC(c2ccc(N)cc2)CC1. The number of amides is 1. The lowest BCUT2D eigenvalue weighted by Crippen LogP contribution is -2.38. The standard InChI is InChI=1S/C27H33N5O2/c1-17-14-18(2)24(16-23(17)26-29-25(30-31-26)15-22-4-3-13-34-22)27(33)32-11-9-20(10-12-32)19-5-7-21(28)8-6-19/h5-8,14,16,20,22H,3-4,9-13,15,28H2,1-2H3,(H,29,30,31). The molecule has 1 atom stereocenters. The van der Waals surface area contributed by atoms with Gasteiger partial charge in [-0.1, -0.05) is 18.2 Å². The Kier molecular flexibility index (Phi) is 6.37. The molecule has 7 nitrogen and oxygen atoms in total. The maximum atomic E-state index is 13.5. The summed E-state index contributed by atoms with van der Waals surface area (Å²) in [6.45, 7) is 6.39. The molecule has 3 N–H and O–H groups in total. The van der Waals surface area contributed by atoms with Gasteiger partial charge in [-0.05, 0) is 80.3 Å². The molecule has 0 saturated carbocycles. The van der Waals surface area contributed by atoms with Crippen molar-refractivity contribution < 1.29 is 9.53 Å². The van der Waals surface area contributed by atoms with Gasteiger partial charge in [-0.25, -0.2) is 0 Å². The summed E-state index contributed by atoms with van der Waals surface area (Å²) in [6.07, 6.45) is 5.04. The number of likely N-dealkylation sites (tertiary alicyclic amines) is 1. The molecule has 0 spiro atoms. The molecule has 0 aliphatic carbocycles. The number of H-pyrrole nitrogens is 1. The van der Waals surface area contributed by atoms with Gasteiger partial charge in [0.15, 0.2) is 5.82 Å². The fourth-order valence-electron chi connectivity index (χ4n) is 5.22. The van der Waals surface area contributed by atoms with Crippen LogP contribution in [0.2, 0.25) is 0 Å². The molecule has 0 bridgehead atoms. The van der Waals surface area contributed by atoms with E-state index in [9.17, 15) is 4.79 Å². The summed E-state index contributed by atoms with van der Waals surface area (Å²) in [6, 6.07) is 12.2. The molecule has 2 saturated heterocycles. The first-order valence-electron chi connectivity index (χ1n) is 12.3. The molecule has 3 aromatic rings. The highest BCUT2D eigenvalue weighted by Gasteiger charge is 2.26. The number of hydrogen-bond donors (Lipinski definition) is 2. The average Bonchev–Trinajstić information content (AvgIpc) is 3.52. The van der Waals surface area contributed by atoms with Crippen LogP contribution in [0, 0.1) is 13.8 Å². The minimum Gasteiger partial charge on any atom is -0.399 e. The van der Waals surface area contributed by atoms with E-state index in [4.69, 9.17) is 10.5 Å². The van der Waals surface area contributed by atoms with E-state index in [0.29, 0.717) is 11.7 Å². The number of ether oxygens (including phenoxy) is 1. The summed E-state index contributed by atoms with van der Waals surface area (Å²) >= 11 is 0. The Morgan fingerprint density at radius 2 is 1.85 bits per heavy atom. The normalized spacial score (nSPS) is 19.0. The molecule has 2 fully saturated rings. The van der Waals surface area contributed by atoms with E-state index in [2.05, 4.69) is 40.3 Å². The van der Waals surface area contributed by atoms with Crippen LogP contribution < -0.4 is 5.73 Å². The second-order valence-electron chi connectivity index (χ2n) is 9.67. The van der Waals surface area contributed by atoms with Gasteiger partial charge >= 0.3 is 0 Å². The highest BCUT2D eigenvalue weighted by atomic mass is 16.5. The molecular weight excluding hydrogens is 426 g/mol. The van der Waals surface area contributed by atoms with Gasteiger partial charge in [-0.15, -0.1) is 10.2 Å². The van der Waals surface area contributed by atoms with Crippen molar-refractivity contribution in [2.75, 3.05) is 25.4 Å². The molecule has 2 aliphatic heterocycles. The number of aromatic amines is 1. The number of benzene rings is 2. The molecule has 0 radical (unpaired) electrons. The van der Waals surface area contributed by atoms with Crippen LogP contribution >= 0.6 is 0 Å². The fraction of sp³-hybridized carbons (Fsp3) is 0.444. The van der Waals surface area contributed by atoms with Crippen LogP contribution in [0.15, 0.2) is 36.4 Å². The van der Waals surface area contributed by atoms with Gasteiger partial charge in [-0.3, -0.25) is 4.79 Å². The first-order chi connectivity index (χ1) is 16.5. The topological polar surface area (TPSA) is 97.1 Å². The molecular formula is C27H33N5O2. The van der Waals surface area contributed by atoms with E-state index in [-0.39, 0.29) is 12.0 Å². The Bertz CT molecular complexity index is 1160. The number of anilines is 1. The molecule has 1 aromatic heterocycles. The van der Waals surface area contributed by atoms with Gasteiger partial charge in [-0.2, -0.15) is 0 Å². The number of nitrogens with one attached hydrogen (secondary N) is 1. The third-order valence-corrected chi connectivity index (χ3v) is 7.23. The number of nitrogen functional groups attached to an aromatic ring is 1. The molecule has 2 aromatic carbocycles. The highest BCUT2D eigenvalue weighted by molar-refractivity contribution is 5.97. The Morgan fingerprint density at radius 1 is 1.09 bits per heavy atom. The van der Waals surface area contributed by atoms with Crippen LogP contribution in [-0.2, 0) is 11.2 Å². The Hall–Kier alpha value is -3.19. The lowest BCUT2D eigenvalue weighted by molar-refractivity contribution is 0.0712. The number of piperidine rings is 1. The van der Waals surface area contributed by atoms with E-state index in [1.54, 1.807) is 0 Å². The maximum Gasteiger partial charge on any atom is 0.254 e. The van der Waals surface area contributed by atoms with Crippen molar-refractivity contribution in [2.45, 2.75) is 58.0 Å². The second kappa shape index (κ2) is 9.58. The fourth-order valence-corrected chi connectivity index (χ4v) is 5.22. The van der Waals surface area contributed by atoms with E-state index in [1.165, 1.54) is 5.56 Å². The summed E-state index contributed by atoms with van der Waals surface area (Å²) in [4.78, 5) is 18.8. The van der Waals surface area contributed by atoms with Crippen molar-refractivity contribution in [1.29, 1.82) is 0 Å². The smallest absolute Gasteiger partial charge is 0.254 e. The minimum atomic E-state index is 0.0913. The monoisotopic (exact) mass is 459 g/mol. The summed E-state index contributed by atoms with van der Waals surface area (Å²) in [5.74, 6) is 2.10. The third-order valence-electron chi connectivity index (χ3n) is 7.23. The number of rotatable bonds is 5. The van der Waals surface area contributed by atoms with Crippen LogP contribution in [0.25, 0.3) is 11.4 Å². The molecule has 5 rings (SSSR count). The van der Waals surface area contributed by atoms with E-state index in [1.807, 2.05) is 30.0 Å². The molecule has 1 amide bonds. The van der Waals surface area contributed by atoms with Crippen LogP contribution in [0.3, 0.4) is 0 Å². The predicted octanol–water partition coefficient (Wildman–Crippen LogP) is 4.41. The first kappa shape index (κ1) is 22.6. The van der Waals surface area contributed by atoms with Crippen molar-refractivity contribution in [3.63, 3.8) is 0 Å². The third kappa shape index (κ3) is 4.71. The Morgan fingerprint density at radius 3 is 2.56 bits per heavy atom. The van der Waals surface area contributed by atoms with Crippen molar-refractivity contribution in [3.05, 3.63) is 64.5 Å². The number of aromatic nitrogens is 3. The van der Waals surface area contributed by atoms with Crippen molar-refractivity contribution in [3.8, 4) is 11.4 Å². The number of nitrogens with two attached hydrogens (primary N) is 1. The van der Waals surface area contributed by atoms with Gasteiger partial charge in [0.2, 0.25) is 0 Å². The molecule has 2 aliphatic rings. The number of aryl methyl sites for hydroxylation is 2. The number of hydrogen-bond acceptors (Lipinski definition) is 5. The minimum absolute atomic E-state index is 0.0913. The molecule has 178 valence electrons. The number of carbonyl (C=O) groups excluding carboxylic acids is 1. The van der Waals surface area contributed by atoms with Gasteiger partial charge in [0.05, 0.1) is 6.10 Å². The second-order valence-corrected chi connectivity index (χ2v) is 9.67. The van der Waals surface area contributed by atoms with E-state index in [0.717, 1.165) is 85.6 Å².